The van der Waals surface area contributed by atoms with Crippen molar-refractivity contribution in [3.8, 4) is 0 Å². The molecule has 10 heteroatoms. The molecule has 30 heavy (non-hydrogen) atoms. The van der Waals surface area contributed by atoms with Crippen molar-refractivity contribution in [1.82, 2.24) is 15.1 Å². The number of rotatable bonds is 3. The number of halogens is 3. The van der Waals surface area contributed by atoms with E-state index in [4.69, 9.17) is 11.0 Å². The maximum absolute atomic E-state index is 15.9. The second-order valence-electron chi connectivity index (χ2n) is 7.29. The first-order valence-corrected chi connectivity index (χ1v) is 9.16. The van der Waals surface area contributed by atoms with Crippen molar-refractivity contribution in [2.75, 3.05) is 30.9 Å². The third-order valence-electron chi connectivity index (χ3n) is 5.09. The Hall–Kier alpha value is -2.62. The molecule has 162 valence electrons. The van der Waals surface area contributed by atoms with Gasteiger partial charge in [-0.05, 0) is 20.3 Å². The third-order valence-corrected chi connectivity index (χ3v) is 5.09. The van der Waals surface area contributed by atoms with E-state index in [0.29, 0.717) is 4.90 Å². The molecule has 2 fully saturated rings. The first-order valence-electron chi connectivity index (χ1n) is 13.2. The molecule has 3 aliphatic rings. The third kappa shape index (κ3) is 3.23. The Labute approximate surface area is 183 Å². The van der Waals surface area contributed by atoms with Gasteiger partial charge in [0.1, 0.15) is 11.7 Å². The molecule has 3 amide bonds. The summed E-state index contributed by atoms with van der Waals surface area (Å²) in [5, 5.41) is 1.98. The van der Waals surface area contributed by atoms with Gasteiger partial charge < -0.3 is 9.80 Å². The average Bonchev–Trinajstić information content (AvgIpc) is 3.10. The van der Waals surface area contributed by atoms with Crippen LogP contribution in [0.3, 0.4) is 0 Å². The Balaban J connectivity index is 1.91. The molecule has 4 rings (SSSR count). The van der Waals surface area contributed by atoms with Crippen LogP contribution < -0.4 is 10.2 Å². The van der Waals surface area contributed by atoms with Gasteiger partial charge in [-0.25, -0.2) is 13.2 Å². The summed E-state index contributed by atoms with van der Waals surface area (Å²) < 4.78 is 113. The van der Waals surface area contributed by atoms with Crippen LogP contribution in [0.25, 0.3) is 0 Å². The van der Waals surface area contributed by atoms with E-state index in [1.807, 2.05) is 5.32 Å². The van der Waals surface area contributed by atoms with Gasteiger partial charge in [-0.2, -0.15) is 0 Å². The van der Waals surface area contributed by atoms with Crippen LogP contribution in [0.5, 0.6) is 0 Å². The van der Waals surface area contributed by atoms with Crippen molar-refractivity contribution in [2.24, 2.45) is 0 Å². The molecule has 3 heterocycles. The van der Waals surface area contributed by atoms with Crippen molar-refractivity contribution >= 4 is 23.4 Å². The van der Waals surface area contributed by atoms with Crippen LogP contribution in [0, 0.1) is 17.5 Å². The van der Waals surface area contributed by atoms with Gasteiger partial charge in [0.25, 0.3) is 5.91 Å². The summed E-state index contributed by atoms with van der Waals surface area (Å²) in [5.41, 5.74) is -3.72. The number of carbonyl (C=O) groups excluding carboxylic acids is 3. The molecule has 3 aliphatic heterocycles. The number of piperazine rings is 1. The van der Waals surface area contributed by atoms with E-state index < -0.39 is 102 Å². The normalized spacial score (nSPS) is 33.4. The summed E-state index contributed by atoms with van der Waals surface area (Å²) in [6.07, 6.45) is -0.378. The summed E-state index contributed by atoms with van der Waals surface area (Å²) in [6.45, 7) is -12.5. The van der Waals surface area contributed by atoms with Crippen molar-refractivity contribution < 1.29 is 38.5 Å². The molecule has 0 saturated carbocycles. The molecule has 0 aromatic heterocycles. The quantitative estimate of drug-likeness (QED) is 0.578. The lowest BCUT2D eigenvalue weighted by molar-refractivity contribution is -0.136. The molecule has 7 nitrogen and oxygen atoms in total. The van der Waals surface area contributed by atoms with Crippen molar-refractivity contribution in [3.63, 3.8) is 0 Å². The number of nitrogens with zero attached hydrogens (tertiary/aromatic N) is 3. The van der Waals surface area contributed by atoms with Gasteiger partial charge in [-0.15, -0.1) is 0 Å². The number of carbonyl (C=O) groups is 3. The van der Waals surface area contributed by atoms with Crippen LogP contribution in [0.2, 0.25) is 0 Å². The molecular formula is C20H23F3N4O3. The Morgan fingerprint density at radius 2 is 1.70 bits per heavy atom. The van der Waals surface area contributed by atoms with Crippen LogP contribution in [-0.4, -0.2) is 65.6 Å². The Kier molecular flexibility index (Phi) is 3.26. The highest BCUT2D eigenvalue weighted by Gasteiger charge is 2.44. The summed E-state index contributed by atoms with van der Waals surface area (Å²) in [5.74, 6) is -8.92. The second kappa shape index (κ2) is 7.57. The topological polar surface area (TPSA) is 73.0 Å². The van der Waals surface area contributed by atoms with Crippen LogP contribution >= 0.6 is 0 Å². The maximum Gasteiger partial charge on any atom is 0.258 e. The molecule has 0 spiro atoms. The number of imide groups is 1. The van der Waals surface area contributed by atoms with E-state index in [1.54, 1.807) is 0 Å². The highest BCUT2D eigenvalue weighted by atomic mass is 19.2. The largest absolute Gasteiger partial charge is 0.364 e. The predicted octanol–water partition coefficient (Wildman–Crippen LogP) is 1.40. The number of amides is 3. The molecular weight excluding hydrogens is 401 g/mol. The van der Waals surface area contributed by atoms with Crippen molar-refractivity contribution in [2.45, 2.75) is 45.3 Å². The number of nitrogens with one attached hydrogen (secondary N) is 1. The van der Waals surface area contributed by atoms with Crippen LogP contribution in [-0.2, 0) is 16.1 Å². The highest BCUT2D eigenvalue weighted by Crippen LogP contribution is 2.38. The molecule has 0 radical (unpaired) electrons. The second-order valence-corrected chi connectivity index (χ2v) is 7.29. The van der Waals surface area contributed by atoms with Crippen LogP contribution in [0.15, 0.2) is 0 Å². The molecule has 0 unspecified atom stereocenters. The predicted molar refractivity (Wildman–Crippen MR) is 101 cm³/mol. The monoisotopic (exact) mass is 432 g/mol. The number of anilines is 1. The Morgan fingerprint density at radius 1 is 1.03 bits per heavy atom. The molecule has 1 N–H and O–H groups in total. The standard InChI is InChI=1S/C20H23F3N4O3/c1-10(2)25-5-7-26(8-6-25)18-15(21)11-9-27(12-3-4-13(28)24-19(12)29)20(30)14(11)16(22)17(18)23/h10,12H,3-9H2,1-2H3,(H,24,28,29)/t12-/m1/s1/i5D2,6D2,7D2,8D2. The van der Waals surface area contributed by atoms with E-state index in [-0.39, 0.29) is 17.7 Å². The van der Waals surface area contributed by atoms with Gasteiger partial charge in [-0.1, -0.05) is 0 Å². The number of hydrogen-bond donors (Lipinski definition) is 1. The van der Waals surface area contributed by atoms with E-state index >= 15 is 13.2 Å². The molecule has 0 bridgehead atoms. The minimum absolute atomic E-state index is 0.189. The average molecular weight is 432 g/mol. The first-order chi connectivity index (χ1) is 17.2. The molecule has 1 atom stereocenters. The van der Waals surface area contributed by atoms with Gasteiger partial charge in [-0.3, -0.25) is 24.6 Å². The van der Waals surface area contributed by atoms with Crippen molar-refractivity contribution in [1.29, 1.82) is 0 Å². The Bertz CT molecular complexity index is 1230. The zero-order valence-corrected chi connectivity index (χ0v) is 16.0. The maximum atomic E-state index is 15.9. The minimum atomic E-state index is -3.68. The molecule has 1 aromatic carbocycles. The smallest absolute Gasteiger partial charge is 0.258 e. The number of piperidine rings is 1. The summed E-state index contributed by atoms with van der Waals surface area (Å²) in [6, 6.07) is -2.47. The molecule has 0 aliphatic carbocycles. The fourth-order valence-corrected chi connectivity index (χ4v) is 3.51. The molecule has 1 aromatic rings. The lowest BCUT2D eigenvalue weighted by Gasteiger charge is -2.38. The first kappa shape index (κ1) is 12.9. The summed E-state index contributed by atoms with van der Waals surface area (Å²) >= 11 is 0. The highest BCUT2D eigenvalue weighted by molar-refractivity contribution is 6.05. The number of fused-ring (bicyclic) bond motifs is 1. The van der Waals surface area contributed by atoms with Gasteiger partial charge >= 0.3 is 0 Å². The summed E-state index contributed by atoms with van der Waals surface area (Å²) in [7, 11) is 0. The van der Waals surface area contributed by atoms with Crippen LogP contribution in [0.1, 0.15) is 53.6 Å². The zero-order chi connectivity index (χ0) is 28.9. The number of hydrogen-bond acceptors (Lipinski definition) is 5. The van der Waals surface area contributed by atoms with Crippen LogP contribution in [0.4, 0.5) is 18.9 Å². The van der Waals surface area contributed by atoms with Gasteiger partial charge in [0.2, 0.25) is 11.8 Å². The van der Waals surface area contributed by atoms with E-state index in [1.165, 1.54) is 13.8 Å². The zero-order valence-electron chi connectivity index (χ0n) is 24.0. The Morgan fingerprint density at radius 3 is 2.30 bits per heavy atom. The minimum Gasteiger partial charge on any atom is -0.364 e. The van der Waals surface area contributed by atoms with Gasteiger partial charge in [0, 0.05) is 49.5 Å². The lowest BCUT2D eigenvalue weighted by atomic mass is 10.0. The summed E-state index contributed by atoms with van der Waals surface area (Å²) in [4.78, 5) is 37.1. The van der Waals surface area contributed by atoms with Gasteiger partial charge in [0.15, 0.2) is 17.5 Å². The van der Waals surface area contributed by atoms with E-state index in [9.17, 15) is 14.4 Å². The van der Waals surface area contributed by atoms with Gasteiger partial charge in [0.05, 0.1) is 17.6 Å². The fraction of sp³-hybridized carbons (Fsp3) is 0.550. The SMILES string of the molecule is [2H]C1([2H])N(c2c(F)c(F)c3c(c2F)CN([C@@H]2CCC(=O)NC2=O)C3=O)C([2H])([2H])C([2H])([2H])N(C(C)C)C1([2H])[2H]. The molecule has 2 saturated heterocycles. The lowest BCUT2D eigenvalue weighted by Crippen LogP contribution is -2.52. The fourth-order valence-electron chi connectivity index (χ4n) is 3.51. The number of benzene rings is 1. The van der Waals surface area contributed by atoms with E-state index in [0.717, 1.165) is 0 Å². The van der Waals surface area contributed by atoms with E-state index in [2.05, 4.69) is 0 Å². The van der Waals surface area contributed by atoms with Crippen molar-refractivity contribution in [3.05, 3.63) is 28.6 Å².